The number of nitrogens with two attached hydrogens (primary N) is 1. The van der Waals surface area contributed by atoms with Gasteiger partial charge in [-0.2, -0.15) is 0 Å². The average Bonchev–Trinajstić information content (AvgIpc) is 2.01. The Morgan fingerprint density at radius 3 is 2.29 bits per heavy atom. The summed E-state index contributed by atoms with van der Waals surface area (Å²) in [5.41, 5.74) is 7.39. The van der Waals surface area contributed by atoms with E-state index in [2.05, 4.69) is 0 Å². The molecule has 0 radical (unpaired) electrons. The second kappa shape index (κ2) is 4.05. The summed E-state index contributed by atoms with van der Waals surface area (Å²) in [4.78, 5) is 10.5. The van der Waals surface area contributed by atoms with E-state index >= 15 is 0 Å². The minimum atomic E-state index is -0.506. The second-order valence-electron chi connectivity index (χ2n) is 3.19. The van der Waals surface area contributed by atoms with E-state index in [1.165, 1.54) is 18.2 Å². The van der Waals surface area contributed by atoms with Crippen molar-refractivity contribution in [1.29, 1.82) is 0 Å². The van der Waals surface area contributed by atoms with Crippen molar-refractivity contribution in [1.82, 2.24) is 0 Å². The Balaban J connectivity index is 3.15. The number of benzene rings is 1. The summed E-state index contributed by atoms with van der Waals surface area (Å²) in [5, 5.41) is 0. The monoisotopic (exact) mass is 193 g/mol. The van der Waals surface area contributed by atoms with Crippen molar-refractivity contribution in [2.24, 2.45) is 5.73 Å². The van der Waals surface area contributed by atoms with Crippen LogP contribution in [0.15, 0.2) is 18.2 Å². The Bertz CT molecular complexity index is 373. The van der Waals surface area contributed by atoms with Crippen LogP contribution in [0, 0.1) is 19.7 Å². The fourth-order valence-corrected chi connectivity index (χ4v) is 1.35. The minimum absolute atomic E-state index is 0.267. The van der Waals surface area contributed by atoms with Crippen molar-refractivity contribution in [3.05, 3.63) is 40.7 Å². The molecule has 0 saturated carbocycles. The zero-order valence-electron chi connectivity index (χ0n) is 8.17. The van der Waals surface area contributed by atoms with Crippen LogP contribution >= 0.6 is 0 Å². The largest absolute Gasteiger partial charge is 0.366 e. The van der Waals surface area contributed by atoms with E-state index in [1.807, 2.05) is 0 Å². The first-order valence-corrected chi connectivity index (χ1v) is 4.25. The molecule has 1 aromatic rings. The first kappa shape index (κ1) is 10.4. The Morgan fingerprint density at radius 2 is 1.86 bits per heavy atom. The van der Waals surface area contributed by atoms with Gasteiger partial charge < -0.3 is 5.73 Å². The van der Waals surface area contributed by atoms with Crippen LogP contribution in [0.3, 0.4) is 0 Å². The molecule has 3 heteroatoms. The Hall–Kier alpha value is -1.64. The quantitative estimate of drug-likeness (QED) is 0.716. The molecular formula is C11H12FNO. The molecule has 0 aliphatic carbocycles. The molecule has 14 heavy (non-hydrogen) atoms. The molecule has 0 aromatic heterocycles. The van der Waals surface area contributed by atoms with Crippen molar-refractivity contribution >= 4 is 12.0 Å². The molecule has 0 atom stereocenters. The minimum Gasteiger partial charge on any atom is -0.366 e. The van der Waals surface area contributed by atoms with Gasteiger partial charge in [-0.25, -0.2) is 4.39 Å². The van der Waals surface area contributed by atoms with Gasteiger partial charge in [-0.15, -0.1) is 0 Å². The fourth-order valence-electron chi connectivity index (χ4n) is 1.35. The molecule has 0 spiro atoms. The van der Waals surface area contributed by atoms with Gasteiger partial charge in [0.05, 0.1) is 0 Å². The molecule has 0 saturated heterocycles. The van der Waals surface area contributed by atoms with Gasteiger partial charge in [-0.05, 0) is 48.7 Å². The predicted molar refractivity (Wildman–Crippen MR) is 54.1 cm³/mol. The summed E-state index contributed by atoms with van der Waals surface area (Å²) in [6.07, 6.45) is 2.87. The van der Waals surface area contributed by atoms with Gasteiger partial charge in [0.15, 0.2) is 0 Å². The molecule has 0 aliphatic heterocycles. The highest BCUT2D eigenvalue weighted by atomic mass is 19.1. The van der Waals surface area contributed by atoms with E-state index in [4.69, 9.17) is 5.73 Å². The van der Waals surface area contributed by atoms with Crippen LogP contribution < -0.4 is 5.73 Å². The zero-order chi connectivity index (χ0) is 10.7. The summed E-state index contributed by atoms with van der Waals surface area (Å²) in [6.45, 7) is 3.58. The van der Waals surface area contributed by atoms with Gasteiger partial charge in [0.1, 0.15) is 5.82 Å². The van der Waals surface area contributed by atoms with Crippen LogP contribution in [-0.2, 0) is 4.79 Å². The van der Waals surface area contributed by atoms with Crippen LogP contribution in [0.4, 0.5) is 4.39 Å². The van der Waals surface area contributed by atoms with Crippen molar-refractivity contribution in [2.45, 2.75) is 13.8 Å². The third-order valence-electron chi connectivity index (χ3n) is 1.97. The maximum absolute atomic E-state index is 12.9. The van der Waals surface area contributed by atoms with E-state index in [-0.39, 0.29) is 5.82 Å². The van der Waals surface area contributed by atoms with E-state index in [0.29, 0.717) is 0 Å². The molecule has 0 bridgehead atoms. The zero-order valence-corrected chi connectivity index (χ0v) is 8.17. The van der Waals surface area contributed by atoms with Gasteiger partial charge >= 0.3 is 0 Å². The first-order valence-electron chi connectivity index (χ1n) is 4.25. The SMILES string of the molecule is Cc1cc(F)cc(C)c1/C=C/C(N)=O. The maximum atomic E-state index is 12.9. The summed E-state index contributed by atoms with van der Waals surface area (Å²) in [5.74, 6) is -0.774. The van der Waals surface area contributed by atoms with Gasteiger partial charge in [-0.3, -0.25) is 4.79 Å². The van der Waals surface area contributed by atoms with E-state index in [9.17, 15) is 9.18 Å². The molecular weight excluding hydrogens is 181 g/mol. The summed E-state index contributed by atoms with van der Waals surface area (Å²) < 4.78 is 12.9. The molecule has 2 N–H and O–H groups in total. The standard InChI is InChI=1S/C11H12FNO/c1-7-5-9(12)6-8(2)10(7)3-4-11(13)14/h3-6H,1-2H3,(H2,13,14)/b4-3+. The van der Waals surface area contributed by atoms with Gasteiger partial charge in [0.25, 0.3) is 0 Å². The van der Waals surface area contributed by atoms with Crippen LogP contribution in [0.25, 0.3) is 6.08 Å². The molecule has 2 nitrogen and oxygen atoms in total. The van der Waals surface area contributed by atoms with Crippen molar-refractivity contribution in [2.75, 3.05) is 0 Å². The number of carbonyl (C=O) groups is 1. The molecule has 0 fully saturated rings. The highest BCUT2D eigenvalue weighted by molar-refractivity contribution is 5.90. The molecule has 1 amide bonds. The number of aryl methyl sites for hydroxylation is 2. The molecule has 1 aromatic carbocycles. The number of hydrogen-bond donors (Lipinski definition) is 1. The number of primary amides is 1. The van der Waals surface area contributed by atoms with E-state index < -0.39 is 5.91 Å². The summed E-state index contributed by atoms with van der Waals surface area (Å²) in [6, 6.07) is 2.85. The van der Waals surface area contributed by atoms with Crippen LogP contribution in [-0.4, -0.2) is 5.91 Å². The van der Waals surface area contributed by atoms with Crippen molar-refractivity contribution in [3.8, 4) is 0 Å². The van der Waals surface area contributed by atoms with Gasteiger partial charge in [0, 0.05) is 6.08 Å². The smallest absolute Gasteiger partial charge is 0.241 e. The third-order valence-corrected chi connectivity index (χ3v) is 1.97. The molecule has 0 heterocycles. The lowest BCUT2D eigenvalue weighted by Gasteiger charge is -2.04. The number of halogens is 1. The van der Waals surface area contributed by atoms with E-state index in [0.717, 1.165) is 16.7 Å². The third kappa shape index (κ3) is 2.42. The fraction of sp³-hybridized carbons (Fsp3) is 0.182. The Morgan fingerprint density at radius 1 is 1.36 bits per heavy atom. The number of amides is 1. The highest BCUT2D eigenvalue weighted by Crippen LogP contribution is 2.17. The number of hydrogen-bond acceptors (Lipinski definition) is 1. The molecule has 0 aliphatic rings. The van der Waals surface area contributed by atoms with Crippen LogP contribution in [0.5, 0.6) is 0 Å². The van der Waals surface area contributed by atoms with Crippen LogP contribution in [0.2, 0.25) is 0 Å². The lowest BCUT2D eigenvalue weighted by atomic mass is 10.0. The lowest BCUT2D eigenvalue weighted by Crippen LogP contribution is -2.05. The average molecular weight is 193 g/mol. The van der Waals surface area contributed by atoms with Gasteiger partial charge in [0.2, 0.25) is 5.91 Å². The normalized spacial score (nSPS) is 10.8. The van der Waals surface area contributed by atoms with Gasteiger partial charge in [-0.1, -0.05) is 0 Å². The summed E-state index contributed by atoms with van der Waals surface area (Å²) >= 11 is 0. The topological polar surface area (TPSA) is 43.1 Å². The highest BCUT2D eigenvalue weighted by Gasteiger charge is 2.01. The van der Waals surface area contributed by atoms with Crippen molar-refractivity contribution in [3.63, 3.8) is 0 Å². The number of rotatable bonds is 2. The first-order chi connectivity index (χ1) is 6.50. The Kier molecular flexibility index (Phi) is 3.02. The molecule has 1 rings (SSSR count). The Labute approximate surface area is 82.2 Å². The predicted octanol–water partition coefficient (Wildman–Crippen LogP) is 1.94. The number of carbonyl (C=O) groups excluding carboxylic acids is 1. The van der Waals surface area contributed by atoms with Crippen LogP contribution in [0.1, 0.15) is 16.7 Å². The molecule has 74 valence electrons. The maximum Gasteiger partial charge on any atom is 0.241 e. The molecule has 0 unspecified atom stereocenters. The summed E-state index contributed by atoms with van der Waals surface area (Å²) in [7, 11) is 0. The van der Waals surface area contributed by atoms with Crippen molar-refractivity contribution < 1.29 is 9.18 Å². The van der Waals surface area contributed by atoms with E-state index in [1.54, 1.807) is 19.9 Å². The lowest BCUT2D eigenvalue weighted by molar-refractivity contribution is -0.113. The second-order valence-corrected chi connectivity index (χ2v) is 3.19.